The summed E-state index contributed by atoms with van der Waals surface area (Å²) >= 11 is 0. The molecule has 2 bridgehead atoms. The molecule has 3 aliphatic heterocycles. The van der Waals surface area contributed by atoms with Crippen molar-refractivity contribution in [3.63, 3.8) is 0 Å². The molecule has 98 valence electrons. The average Bonchev–Trinajstić information content (AvgIpc) is 2.55. The quantitative estimate of drug-likeness (QED) is 0.649. The second-order valence-electron chi connectivity index (χ2n) is 7.01. The number of rotatable bonds is 0. The second-order valence-corrected chi connectivity index (χ2v) is 7.01. The molecule has 1 heteroatoms. The maximum absolute atomic E-state index is 4.18. The number of hydrogen-bond acceptors (Lipinski definition) is 1. The summed E-state index contributed by atoms with van der Waals surface area (Å²) in [7, 11) is 0. The molecule has 0 aromatic carbocycles. The SMILES string of the molecule is C1CCCCC23CCCCC(CCC1)(CC2)N3. The van der Waals surface area contributed by atoms with Crippen LogP contribution in [0.4, 0.5) is 0 Å². The topological polar surface area (TPSA) is 12.0 Å². The normalized spacial score (nSPS) is 43.8. The van der Waals surface area contributed by atoms with Crippen molar-refractivity contribution in [3.8, 4) is 0 Å². The van der Waals surface area contributed by atoms with Crippen LogP contribution >= 0.6 is 0 Å². The molecular weight excluding hydrogens is 206 g/mol. The molecule has 0 amide bonds. The van der Waals surface area contributed by atoms with E-state index in [4.69, 9.17) is 0 Å². The molecule has 3 saturated heterocycles. The Balaban J connectivity index is 1.77. The predicted molar refractivity (Wildman–Crippen MR) is 73.2 cm³/mol. The fourth-order valence-corrected chi connectivity index (χ4v) is 4.73. The van der Waals surface area contributed by atoms with Crippen molar-refractivity contribution in [1.82, 2.24) is 5.32 Å². The van der Waals surface area contributed by atoms with Gasteiger partial charge in [0, 0.05) is 11.1 Å². The van der Waals surface area contributed by atoms with Gasteiger partial charge in [-0.05, 0) is 38.5 Å². The average molecular weight is 235 g/mol. The summed E-state index contributed by atoms with van der Waals surface area (Å²) in [5.41, 5.74) is 1.14. The van der Waals surface area contributed by atoms with Crippen LogP contribution in [0.5, 0.6) is 0 Å². The van der Waals surface area contributed by atoms with E-state index in [2.05, 4.69) is 5.32 Å². The highest BCUT2D eigenvalue weighted by atomic mass is 15.1. The molecule has 1 N–H and O–H groups in total. The zero-order valence-corrected chi connectivity index (χ0v) is 11.4. The molecule has 0 aliphatic carbocycles. The summed E-state index contributed by atoms with van der Waals surface area (Å²) in [5, 5.41) is 4.18. The molecule has 0 aromatic rings. The minimum Gasteiger partial charge on any atom is -0.306 e. The minimum absolute atomic E-state index is 0.570. The van der Waals surface area contributed by atoms with Crippen LogP contribution in [0.15, 0.2) is 0 Å². The van der Waals surface area contributed by atoms with E-state index in [9.17, 15) is 0 Å². The van der Waals surface area contributed by atoms with Gasteiger partial charge >= 0.3 is 0 Å². The monoisotopic (exact) mass is 235 g/mol. The second kappa shape index (κ2) is 4.91. The Morgan fingerprint density at radius 1 is 0.412 bits per heavy atom. The smallest absolute Gasteiger partial charge is 0.0187 e. The van der Waals surface area contributed by atoms with E-state index >= 15 is 0 Å². The standard InChI is InChI=1S/C16H29N/c1-2-4-6-10-16-12-8-7-11-15(17-16,13-14-16)9-5-3-1/h17H,1-14H2. The van der Waals surface area contributed by atoms with E-state index in [0.717, 1.165) is 0 Å². The fraction of sp³-hybridized carbons (Fsp3) is 1.00. The Bertz CT molecular complexity index is 236. The van der Waals surface area contributed by atoms with E-state index in [1.165, 1.54) is 89.9 Å². The summed E-state index contributed by atoms with van der Waals surface area (Å²) in [6.45, 7) is 0. The van der Waals surface area contributed by atoms with Crippen molar-refractivity contribution in [2.45, 2.75) is 101 Å². The lowest BCUT2D eigenvalue weighted by Gasteiger charge is -2.34. The molecule has 3 heterocycles. The fourth-order valence-electron chi connectivity index (χ4n) is 4.73. The van der Waals surface area contributed by atoms with Gasteiger partial charge in [0.2, 0.25) is 0 Å². The summed E-state index contributed by atoms with van der Waals surface area (Å²) in [6, 6.07) is 0. The highest BCUT2D eigenvalue weighted by Gasteiger charge is 2.47. The first-order chi connectivity index (χ1) is 8.33. The first kappa shape index (κ1) is 12.0. The zero-order valence-electron chi connectivity index (χ0n) is 11.4. The van der Waals surface area contributed by atoms with Crippen molar-refractivity contribution in [2.75, 3.05) is 0 Å². The molecule has 17 heavy (non-hydrogen) atoms. The summed E-state index contributed by atoms with van der Waals surface area (Å²) in [4.78, 5) is 0. The molecule has 3 fully saturated rings. The molecule has 0 radical (unpaired) electrons. The van der Waals surface area contributed by atoms with Gasteiger partial charge in [-0.1, -0.05) is 51.4 Å². The summed E-state index contributed by atoms with van der Waals surface area (Å²) < 4.78 is 0. The first-order valence-electron chi connectivity index (χ1n) is 8.12. The van der Waals surface area contributed by atoms with Crippen LogP contribution in [0, 0.1) is 0 Å². The molecule has 2 unspecified atom stereocenters. The maximum atomic E-state index is 4.18. The Kier molecular flexibility index (Phi) is 3.47. The Hall–Kier alpha value is -0.0400. The van der Waals surface area contributed by atoms with Gasteiger partial charge < -0.3 is 5.32 Å². The third-order valence-electron chi connectivity index (χ3n) is 5.73. The predicted octanol–water partition coefficient (Wildman–Crippen LogP) is 4.56. The lowest BCUT2D eigenvalue weighted by atomic mass is 9.81. The third kappa shape index (κ3) is 2.54. The Morgan fingerprint density at radius 3 is 1.24 bits per heavy atom. The van der Waals surface area contributed by atoms with Crippen LogP contribution in [-0.4, -0.2) is 11.1 Å². The Morgan fingerprint density at radius 2 is 0.765 bits per heavy atom. The van der Waals surface area contributed by atoms with Crippen LogP contribution < -0.4 is 5.32 Å². The van der Waals surface area contributed by atoms with Gasteiger partial charge in [0.15, 0.2) is 0 Å². The van der Waals surface area contributed by atoms with Crippen LogP contribution in [0.2, 0.25) is 0 Å². The van der Waals surface area contributed by atoms with Crippen LogP contribution in [-0.2, 0) is 0 Å². The van der Waals surface area contributed by atoms with Crippen LogP contribution in [0.3, 0.4) is 0 Å². The lowest BCUT2D eigenvalue weighted by molar-refractivity contribution is 0.261. The summed E-state index contributed by atoms with van der Waals surface area (Å²) in [5.74, 6) is 0. The van der Waals surface area contributed by atoms with Crippen molar-refractivity contribution < 1.29 is 0 Å². The van der Waals surface area contributed by atoms with Gasteiger partial charge in [-0.15, -0.1) is 0 Å². The summed E-state index contributed by atoms with van der Waals surface area (Å²) in [6.07, 6.45) is 20.7. The Labute approximate surface area is 107 Å². The molecule has 0 aromatic heterocycles. The minimum atomic E-state index is 0.570. The number of nitrogens with one attached hydrogen (secondary N) is 1. The van der Waals surface area contributed by atoms with Gasteiger partial charge in [0.25, 0.3) is 0 Å². The van der Waals surface area contributed by atoms with E-state index in [-0.39, 0.29) is 0 Å². The molecule has 3 rings (SSSR count). The van der Waals surface area contributed by atoms with Gasteiger partial charge in [-0.25, -0.2) is 0 Å². The largest absolute Gasteiger partial charge is 0.306 e. The first-order valence-corrected chi connectivity index (χ1v) is 8.12. The van der Waals surface area contributed by atoms with Gasteiger partial charge in [0.05, 0.1) is 0 Å². The van der Waals surface area contributed by atoms with Crippen molar-refractivity contribution in [1.29, 1.82) is 0 Å². The van der Waals surface area contributed by atoms with E-state index in [0.29, 0.717) is 11.1 Å². The van der Waals surface area contributed by atoms with E-state index < -0.39 is 0 Å². The number of hydrogen-bond donors (Lipinski definition) is 1. The molecule has 0 saturated carbocycles. The van der Waals surface area contributed by atoms with Gasteiger partial charge in [-0.2, -0.15) is 0 Å². The highest BCUT2D eigenvalue weighted by Crippen LogP contribution is 2.45. The highest BCUT2D eigenvalue weighted by molar-refractivity contribution is 5.07. The van der Waals surface area contributed by atoms with Crippen molar-refractivity contribution in [3.05, 3.63) is 0 Å². The van der Waals surface area contributed by atoms with E-state index in [1.807, 2.05) is 0 Å². The van der Waals surface area contributed by atoms with Crippen LogP contribution in [0.25, 0.3) is 0 Å². The van der Waals surface area contributed by atoms with Gasteiger partial charge in [-0.3, -0.25) is 0 Å². The maximum Gasteiger partial charge on any atom is 0.0187 e. The third-order valence-corrected chi connectivity index (χ3v) is 5.73. The molecule has 1 nitrogen and oxygen atoms in total. The van der Waals surface area contributed by atoms with E-state index in [1.54, 1.807) is 0 Å². The lowest BCUT2D eigenvalue weighted by Crippen LogP contribution is -2.49. The molecule has 3 aliphatic rings. The van der Waals surface area contributed by atoms with Crippen molar-refractivity contribution >= 4 is 0 Å². The van der Waals surface area contributed by atoms with Crippen LogP contribution in [0.1, 0.15) is 89.9 Å². The van der Waals surface area contributed by atoms with Gasteiger partial charge in [0.1, 0.15) is 0 Å². The zero-order chi connectivity index (χ0) is 11.6. The molecular formula is C16H29N. The van der Waals surface area contributed by atoms with Crippen molar-refractivity contribution in [2.24, 2.45) is 0 Å². The molecule has 2 atom stereocenters. The molecule has 0 spiro atoms.